The molecule has 0 saturated carbocycles. The largest absolute Gasteiger partial charge is 0.438 e. The van der Waals surface area contributed by atoms with Crippen molar-refractivity contribution in [1.29, 1.82) is 0 Å². The highest BCUT2D eigenvalue weighted by Gasteiger charge is 2.26. The molecule has 2 amide bonds. The molecule has 3 N–H and O–H groups in total. The third-order valence-corrected chi connectivity index (χ3v) is 5.26. The van der Waals surface area contributed by atoms with Crippen LogP contribution in [0, 0.1) is 6.92 Å². The second-order valence-electron chi connectivity index (χ2n) is 7.19. The van der Waals surface area contributed by atoms with E-state index >= 15 is 0 Å². The van der Waals surface area contributed by atoms with E-state index in [1.54, 1.807) is 39.0 Å². The number of rotatable bonds is 6. The normalized spacial score (nSPS) is 11.9. The molecule has 0 aliphatic rings. The van der Waals surface area contributed by atoms with Crippen molar-refractivity contribution < 1.29 is 22.4 Å². The van der Waals surface area contributed by atoms with Gasteiger partial charge < -0.3 is 15.1 Å². The van der Waals surface area contributed by atoms with Crippen LogP contribution in [0.3, 0.4) is 0 Å². The summed E-state index contributed by atoms with van der Waals surface area (Å²) in [4.78, 5) is 24.1. The Kier molecular flexibility index (Phi) is 6.53. The number of halogens is 1. The van der Waals surface area contributed by atoms with Crippen LogP contribution in [-0.2, 0) is 14.8 Å². The van der Waals surface area contributed by atoms with Crippen LogP contribution in [-0.4, -0.2) is 32.3 Å². The molecule has 0 fully saturated rings. The van der Waals surface area contributed by atoms with Gasteiger partial charge in [0.2, 0.25) is 11.0 Å². The fourth-order valence-electron chi connectivity index (χ4n) is 2.20. The molecule has 8 nitrogen and oxygen atoms in total. The van der Waals surface area contributed by atoms with Gasteiger partial charge in [-0.25, -0.2) is 13.1 Å². The van der Waals surface area contributed by atoms with Crippen LogP contribution in [0.15, 0.2) is 39.8 Å². The van der Waals surface area contributed by atoms with Crippen LogP contribution in [0.25, 0.3) is 0 Å². The quantitative estimate of drug-likeness (QED) is 0.655. The maximum absolute atomic E-state index is 12.2. The van der Waals surface area contributed by atoms with Crippen LogP contribution in [0.5, 0.6) is 0 Å². The average Bonchev–Trinajstić information content (AvgIpc) is 3.04. The third-order valence-electron chi connectivity index (χ3n) is 3.32. The molecule has 0 aliphatic heterocycles. The van der Waals surface area contributed by atoms with E-state index in [-0.39, 0.29) is 17.4 Å². The number of sulfonamides is 1. The summed E-state index contributed by atoms with van der Waals surface area (Å²) in [5.41, 5.74) is 0.663. The Labute approximate surface area is 168 Å². The molecular formula is C18H22ClN3O5S. The molecule has 152 valence electrons. The number of anilines is 1. The Balaban J connectivity index is 1.96. The lowest BCUT2D eigenvalue weighted by Gasteiger charge is -2.18. The molecule has 0 spiro atoms. The van der Waals surface area contributed by atoms with E-state index in [4.69, 9.17) is 16.0 Å². The van der Waals surface area contributed by atoms with Crippen LogP contribution in [0.2, 0.25) is 5.02 Å². The second kappa shape index (κ2) is 8.34. The van der Waals surface area contributed by atoms with Gasteiger partial charge >= 0.3 is 0 Å². The zero-order valence-electron chi connectivity index (χ0n) is 15.9. The lowest BCUT2D eigenvalue weighted by molar-refractivity contribution is -0.115. The Morgan fingerprint density at radius 3 is 2.43 bits per heavy atom. The van der Waals surface area contributed by atoms with E-state index in [1.807, 2.05) is 6.92 Å². The Bertz CT molecular complexity index is 993. The Morgan fingerprint density at radius 1 is 1.14 bits per heavy atom. The molecule has 2 rings (SSSR count). The van der Waals surface area contributed by atoms with Gasteiger partial charge in [0.25, 0.3) is 15.9 Å². The molecular weight excluding hydrogens is 406 g/mol. The Morgan fingerprint density at radius 2 is 1.82 bits per heavy atom. The number of carbonyl (C=O) groups is 2. The lowest BCUT2D eigenvalue weighted by Crippen LogP contribution is -2.40. The molecule has 1 aromatic heterocycles. The maximum atomic E-state index is 12.2. The first-order valence-corrected chi connectivity index (χ1v) is 10.2. The first-order chi connectivity index (χ1) is 12.9. The molecule has 0 radical (unpaired) electrons. The van der Waals surface area contributed by atoms with Crippen molar-refractivity contribution in [3.05, 3.63) is 46.7 Å². The molecule has 0 saturated heterocycles. The zero-order valence-corrected chi connectivity index (χ0v) is 17.5. The summed E-state index contributed by atoms with van der Waals surface area (Å²) in [6, 6.07) is 7.54. The number of hydrogen-bond donors (Lipinski definition) is 3. The van der Waals surface area contributed by atoms with Crippen molar-refractivity contribution >= 4 is 39.1 Å². The van der Waals surface area contributed by atoms with Gasteiger partial charge in [-0.15, -0.1) is 0 Å². The van der Waals surface area contributed by atoms with Crippen molar-refractivity contribution in [3.8, 4) is 0 Å². The number of aryl methyl sites for hydroxylation is 1. The zero-order chi connectivity index (χ0) is 21.1. The number of carbonyl (C=O) groups excluding carboxylic acids is 2. The van der Waals surface area contributed by atoms with E-state index in [9.17, 15) is 18.0 Å². The number of benzene rings is 1. The molecule has 0 atom stereocenters. The Hall–Kier alpha value is -2.36. The first-order valence-electron chi connectivity index (χ1n) is 8.35. The molecule has 28 heavy (non-hydrogen) atoms. The highest BCUT2D eigenvalue weighted by molar-refractivity contribution is 7.89. The van der Waals surface area contributed by atoms with Crippen LogP contribution in [0.4, 0.5) is 5.69 Å². The van der Waals surface area contributed by atoms with E-state index in [0.29, 0.717) is 10.7 Å². The van der Waals surface area contributed by atoms with Crippen LogP contribution >= 0.6 is 11.6 Å². The van der Waals surface area contributed by atoms with Crippen molar-refractivity contribution in [1.82, 2.24) is 10.0 Å². The van der Waals surface area contributed by atoms with E-state index < -0.39 is 27.4 Å². The van der Waals surface area contributed by atoms with E-state index in [2.05, 4.69) is 15.4 Å². The summed E-state index contributed by atoms with van der Waals surface area (Å²) >= 11 is 6.04. The third kappa shape index (κ3) is 6.08. The summed E-state index contributed by atoms with van der Waals surface area (Å²) in [7, 11) is -3.90. The average molecular weight is 428 g/mol. The molecule has 0 bridgehead atoms. The van der Waals surface area contributed by atoms with E-state index in [0.717, 1.165) is 5.56 Å². The predicted molar refractivity (Wildman–Crippen MR) is 106 cm³/mol. The maximum Gasteiger partial charge on any atom is 0.287 e. The van der Waals surface area contributed by atoms with E-state index in [1.165, 1.54) is 12.1 Å². The van der Waals surface area contributed by atoms with Crippen LogP contribution in [0.1, 0.15) is 36.9 Å². The standard InChI is InChI=1S/C18H22ClN3O5S/c1-11-5-6-13(12(19)9-11)21-15(23)10-20-17(24)14-7-8-16(27-14)28(25,26)22-18(2,3)4/h5-9,22H,10H2,1-4H3,(H,20,24)(H,21,23). The van der Waals surface area contributed by atoms with Crippen LogP contribution < -0.4 is 15.4 Å². The minimum atomic E-state index is -3.90. The highest BCUT2D eigenvalue weighted by atomic mass is 35.5. The smallest absolute Gasteiger partial charge is 0.287 e. The molecule has 0 unspecified atom stereocenters. The fraction of sp³-hybridized carbons (Fsp3) is 0.333. The summed E-state index contributed by atoms with van der Waals surface area (Å²) in [6.07, 6.45) is 0. The molecule has 0 aliphatic carbocycles. The summed E-state index contributed by atoms with van der Waals surface area (Å²) in [5, 5.41) is 4.93. The van der Waals surface area contributed by atoms with Crippen molar-refractivity contribution in [2.24, 2.45) is 0 Å². The van der Waals surface area contributed by atoms with Gasteiger partial charge in [0.1, 0.15) is 0 Å². The monoisotopic (exact) mass is 427 g/mol. The fourth-order valence-corrected chi connectivity index (χ4v) is 3.84. The van der Waals surface area contributed by atoms with Gasteiger partial charge in [0, 0.05) is 5.54 Å². The minimum Gasteiger partial charge on any atom is -0.438 e. The van der Waals surface area contributed by atoms with Gasteiger partial charge in [0.05, 0.1) is 17.3 Å². The van der Waals surface area contributed by atoms with Gasteiger partial charge in [-0.1, -0.05) is 17.7 Å². The molecule has 2 aromatic rings. The number of amides is 2. The molecule has 1 aromatic carbocycles. The number of furan rings is 1. The molecule has 1 heterocycles. The minimum absolute atomic E-state index is 0.226. The highest BCUT2D eigenvalue weighted by Crippen LogP contribution is 2.22. The van der Waals surface area contributed by atoms with Gasteiger partial charge in [-0.3, -0.25) is 9.59 Å². The number of nitrogens with one attached hydrogen (secondary N) is 3. The van der Waals surface area contributed by atoms with Gasteiger partial charge in [-0.2, -0.15) is 0 Å². The summed E-state index contributed by atoms with van der Waals surface area (Å²) in [5.74, 6) is -1.44. The van der Waals surface area contributed by atoms with Crippen molar-refractivity contribution in [2.45, 2.75) is 38.3 Å². The summed E-state index contributed by atoms with van der Waals surface area (Å²) in [6.45, 7) is 6.57. The van der Waals surface area contributed by atoms with Crippen molar-refractivity contribution in [2.75, 3.05) is 11.9 Å². The SMILES string of the molecule is Cc1ccc(NC(=O)CNC(=O)c2ccc(S(=O)(=O)NC(C)(C)C)o2)c(Cl)c1. The van der Waals surface area contributed by atoms with Crippen molar-refractivity contribution in [3.63, 3.8) is 0 Å². The molecule has 10 heteroatoms. The lowest BCUT2D eigenvalue weighted by atomic mass is 10.1. The predicted octanol–water partition coefficient (Wildman–Crippen LogP) is 2.69. The summed E-state index contributed by atoms with van der Waals surface area (Å²) < 4.78 is 31.9. The topological polar surface area (TPSA) is 118 Å². The van der Waals surface area contributed by atoms with Gasteiger partial charge in [0.15, 0.2) is 5.76 Å². The number of hydrogen-bond acceptors (Lipinski definition) is 5. The first kappa shape index (κ1) is 21.9. The van der Waals surface area contributed by atoms with Gasteiger partial charge in [-0.05, 0) is 57.5 Å². The second-order valence-corrected chi connectivity index (χ2v) is 9.21.